The zero-order valence-corrected chi connectivity index (χ0v) is 7.12. The second-order valence-electron chi connectivity index (χ2n) is 1.94. The highest BCUT2D eigenvalue weighted by Crippen LogP contribution is 1.99. The quantitative estimate of drug-likeness (QED) is 0.349. The third kappa shape index (κ3) is 3.61. The molecule has 2 nitrogen and oxygen atoms in total. The summed E-state index contributed by atoms with van der Waals surface area (Å²) >= 11 is 0. The van der Waals surface area contributed by atoms with E-state index in [1.165, 1.54) is 14.1 Å². The van der Waals surface area contributed by atoms with Crippen LogP contribution in [0.15, 0.2) is 49.1 Å². The molecule has 0 amide bonds. The number of allylic oxidation sites excluding steroid dienone is 4. The summed E-state index contributed by atoms with van der Waals surface area (Å²) in [4.78, 5) is 11.0. The van der Waals surface area contributed by atoms with Gasteiger partial charge in [0.15, 0.2) is 0 Å². The molecular formula is C9H11BO2. The van der Waals surface area contributed by atoms with Gasteiger partial charge in [0.2, 0.25) is 0 Å². The van der Waals surface area contributed by atoms with Crippen LogP contribution in [0, 0.1) is 0 Å². The molecule has 0 fully saturated rings. The van der Waals surface area contributed by atoms with Gasteiger partial charge in [-0.05, 0) is 12.2 Å². The van der Waals surface area contributed by atoms with Gasteiger partial charge in [0.25, 0.3) is 0 Å². The van der Waals surface area contributed by atoms with E-state index in [2.05, 4.69) is 17.8 Å². The van der Waals surface area contributed by atoms with Crippen molar-refractivity contribution in [2.45, 2.75) is 0 Å². The van der Waals surface area contributed by atoms with E-state index in [1.807, 2.05) is 0 Å². The Morgan fingerprint density at radius 1 is 1.33 bits per heavy atom. The highest BCUT2D eigenvalue weighted by molar-refractivity contribution is 6.10. The van der Waals surface area contributed by atoms with Gasteiger partial charge in [-0.1, -0.05) is 31.4 Å². The van der Waals surface area contributed by atoms with Crippen molar-refractivity contribution >= 4 is 14.0 Å². The van der Waals surface area contributed by atoms with Crippen molar-refractivity contribution in [3.8, 4) is 0 Å². The standard InChI is InChI=1S/C9H11BO2/c1-3-5-7-8(6-4-2)9(11)12-10/h3-7H,1-2,10H2/b7-5-,8-6+. The van der Waals surface area contributed by atoms with E-state index >= 15 is 0 Å². The van der Waals surface area contributed by atoms with Crippen molar-refractivity contribution in [1.82, 2.24) is 0 Å². The number of carbonyl (C=O) groups is 1. The molecule has 0 unspecified atom stereocenters. The van der Waals surface area contributed by atoms with E-state index in [0.29, 0.717) is 5.57 Å². The minimum absolute atomic E-state index is 0.381. The second-order valence-corrected chi connectivity index (χ2v) is 1.94. The summed E-state index contributed by atoms with van der Waals surface area (Å²) in [6, 6.07) is 0. The van der Waals surface area contributed by atoms with Gasteiger partial charge in [0, 0.05) is 0 Å². The maximum atomic E-state index is 11.0. The van der Waals surface area contributed by atoms with E-state index in [0.717, 1.165) is 0 Å². The molecule has 12 heavy (non-hydrogen) atoms. The lowest BCUT2D eigenvalue weighted by molar-refractivity contribution is -0.129. The van der Waals surface area contributed by atoms with Gasteiger partial charge >= 0.3 is 14.0 Å². The first kappa shape index (κ1) is 10.5. The minimum atomic E-state index is -0.381. The summed E-state index contributed by atoms with van der Waals surface area (Å²) in [6.07, 6.45) is 7.96. The van der Waals surface area contributed by atoms with E-state index < -0.39 is 0 Å². The number of rotatable bonds is 4. The third-order valence-corrected chi connectivity index (χ3v) is 1.13. The van der Waals surface area contributed by atoms with Crippen LogP contribution in [-0.2, 0) is 9.45 Å². The Morgan fingerprint density at radius 3 is 2.42 bits per heavy atom. The first-order chi connectivity index (χ1) is 5.76. The second kappa shape index (κ2) is 6.22. The van der Waals surface area contributed by atoms with Crippen LogP contribution in [0.5, 0.6) is 0 Å². The summed E-state index contributed by atoms with van der Waals surface area (Å²) in [6.45, 7) is 6.97. The molecule has 0 aromatic carbocycles. The molecular weight excluding hydrogens is 151 g/mol. The molecule has 62 valence electrons. The van der Waals surface area contributed by atoms with Gasteiger partial charge in [0.05, 0.1) is 5.57 Å². The Bertz CT molecular complexity index is 239. The third-order valence-electron chi connectivity index (χ3n) is 1.13. The van der Waals surface area contributed by atoms with Crippen molar-refractivity contribution in [3.05, 3.63) is 49.1 Å². The van der Waals surface area contributed by atoms with Crippen molar-refractivity contribution in [3.63, 3.8) is 0 Å². The Labute approximate surface area is 73.4 Å². The highest BCUT2D eigenvalue weighted by atomic mass is 16.5. The van der Waals surface area contributed by atoms with Gasteiger partial charge in [0.1, 0.15) is 0 Å². The van der Waals surface area contributed by atoms with Crippen molar-refractivity contribution in [2.24, 2.45) is 0 Å². The molecule has 0 bridgehead atoms. The lowest BCUT2D eigenvalue weighted by Gasteiger charge is -1.97. The molecule has 0 heterocycles. The van der Waals surface area contributed by atoms with E-state index in [1.54, 1.807) is 24.3 Å². The van der Waals surface area contributed by atoms with Crippen molar-refractivity contribution in [1.29, 1.82) is 0 Å². The molecule has 0 saturated heterocycles. The van der Waals surface area contributed by atoms with Crippen LogP contribution in [-0.4, -0.2) is 14.0 Å². The molecule has 0 saturated carbocycles. The smallest absolute Gasteiger partial charge is 0.326 e. The van der Waals surface area contributed by atoms with E-state index in [9.17, 15) is 4.79 Å². The molecule has 0 atom stereocenters. The van der Waals surface area contributed by atoms with Gasteiger partial charge < -0.3 is 4.65 Å². The molecule has 0 rings (SSSR count). The predicted molar refractivity (Wildman–Crippen MR) is 52.3 cm³/mol. The largest absolute Gasteiger partial charge is 0.540 e. The number of hydrogen-bond acceptors (Lipinski definition) is 2. The fraction of sp³-hybridized carbons (Fsp3) is 0. The Balaban J connectivity index is 4.54. The number of carbonyl (C=O) groups excluding carboxylic acids is 1. The monoisotopic (exact) mass is 162 g/mol. The fourth-order valence-corrected chi connectivity index (χ4v) is 0.608. The predicted octanol–water partition coefficient (Wildman–Crippen LogP) is 0.932. The van der Waals surface area contributed by atoms with Crippen LogP contribution in [0.25, 0.3) is 0 Å². The fourth-order valence-electron chi connectivity index (χ4n) is 0.608. The lowest BCUT2D eigenvalue weighted by Crippen LogP contribution is -2.03. The minimum Gasteiger partial charge on any atom is -0.540 e. The number of hydrogen-bond donors (Lipinski definition) is 0. The molecule has 0 radical (unpaired) electrons. The van der Waals surface area contributed by atoms with Crippen LogP contribution in [0.1, 0.15) is 0 Å². The molecule has 3 heteroatoms. The molecule has 0 aliphatic carbocycles. The van der Waals surface area contributed by atoms with Crippen LogP contribution < -0.4 is 0 Å². The summed E-state index contributed by atoms with van der Waals surface area (Å²) in [7, 11) is 1.33. The average molecular weight is 162 g/mol. The van der Waals surface area contributed by atoms with Crippen LogP contribution in [0.2, 0.25) is 0 Å². The van der Waals surface area contributed by atoms with E-state index in [4.69, 9.17) is 0 Å². The van der Waals surface area contributed by atoms with Gasteiger partial charge in [-0.2, -0.15) is 0 Å². The van der Waals surface area contributed by atoms with Gasteiger partial charge in [-0.15, -0.1) is 0 Å². The first-order valence-corrected chi connectivity index (χ1v) is 3.46. The zero-order valence-electron chi connectivity index (χ0n) is 7.12. The van der Waals surface area contributed by atoms with Gasteiger partial charge in [-0.25, -0.2) is 4.79 Å². The molecule has 0 spiro atoms. The summed E-state index contributed by atoms with van der Waals surface area (Å²) in [5.41, 5.74) is 0.451. The van der Waals surface area contributed by atoms with Crippen LogP contribution >= 0.6 is 0 Å². The van der Waals surface area contributed by atoms with Gasteiger partial charge in [-0.3, -0.25) is 0 Å². The summed E-state index contributed by atoms with van der Waals surface area (Å²) in [5, 5.41) is 0. The van der Waals surface area contributed by atoms with Crippen LogP contribution in [0.3, 0.4) is 0 Å². The maximum Gasteiger partial charge on any atom is 0.326 e. The average Bonchev–Trinajstić information content (AvgIpc) is 2.11. The lowest BCUT2D eigenvalue weighted by atomic mass is 10.2. The van der Waals surface area contributed by atoms with Crippen molar-refractivity contribution < 1.29 is 9.45 Å². The highest BCUT2D eigenvalue weighted by Gasteiger charge is 2.01. The van der Waals surface area contributed by atoms with E-state index in [-0.39, 0.29) is 5.97 Å². The van der Waals surface area contributed by atoms with Crippen LogP contribution in [0.4, 0.5) is 0 Å². The Hall–Kier alpha value is -1.51. The molecule has 0 aromatic heterocycles. The summed E-state index contributed by atoms with van der Waals surface area (Å²) in [5.74, 6) is -0.381. The van der Waals surface area contributed by atoms with Crippen molar-refractivity contribution in [2.75, 3.05) is 0 Å². The molecule has 0 N–H and O–H groups in total. The first-order valence-electron chi connectivity index (χ1n) is 3.46. The Morgan fingerprint density at radius 2 is 2.00 bits per heavy atom. The Kier molecular flexibility index (Phi) is 5.44. The maximum absolute atomic E-state index is 11.0. The normalized spacial score (nSPS) is 11.2. The SMILES string of the molecule is BOC(=O)C(/C=C\C=C)=C/C=C. The zero-order chi connectivity index (χ0) is 9.40. The molecule has 0 aliphatic rings. The summed E-state index contributed by atoms with van der Waals surface area (Å²) < 4.78 is 4.52. The topological polar surface area (TPSA) is 26.3 Å². The molecule has 0 aromatic rings. The molecule has 0 aliphatic heterocycles.